The highest BCUT2D eigenvalue weighted by Gasteiger charge is 2.31. The lowest BCUT2D eigenvalue weighted by Crippen LogP contribution is -2.13. The van der Waals surface area contributed by atoms with Gasteiger partial charge in [-0.05, 0) is 30.3 Å². The Kier molecular flexibility index (Phi) is 6.09. The lowest BCUT2D eigenvalue weighted by molar-refractivity contribution is -0.137. The Morgan fingerprint density at radius 3 is 2.60 bits per heavy atom. The number of anilines is 1. The van der Waals surface area contributed by atoms with E-state index in [9.17, 15) is 26.7 Å². The van der Waals surface area contributed by atoms with Crippen LogP contribution in [0.4, 0.5) is 27.6 Å². The van der Waals surface area contributed by atoms with Crippen molar-refractivity contribution in [1.82, 2.24) is 14.8 Å². The van der Waals surface area contributed by atoms with Gasteiger partial charge in [0.15, 0.2) is 0 Å². The third-order valence-electron chi connectivity index (χ3n) is 3.80. The van der Waals surface area contributed by atoms with Gasteiger partial charge in [-0.2, -0.15) is 27.1 Å². The fourth-order valence-electron chi connectivity index (χ4n) is 2.51. The predicted molar refractivity (Wildman–Crippen MR) is 97.1 cm³/mol. The standard InChI is InChI=1S/C19H13F5N4O2/c20-18(21)30-16-4-2-1-3-12(16)5-8-17(29)27-14-9-13(19(22,23)24)6-7-15(14)28-11-25-10-26-28/h1-11,18H,(H,27,29)/b8-5+. The number of halogens is 5. The maximum Gasteiger partial charge on any atom is 0.416 e. The van der Waals surface area contributed by atoms with Crippen LogP contribution in [-0.2, 0) is 11.0 Å². The summed E-state index contributed by atoms with van der Waals surface area (Å²) in [6.45, 7) is -3.05. The van der Waals surface area contributed by atoms with Crippen LogP contribution in [-0.4, -0.2) is 27.3 Å². The molecular formula is C19H13F5N4O2. The number of nitrogens with one attached hydrogen (secondary N) is 1. The van der Waals surface area contributed by atoms with Crippen molar-refractivity contribution < 1.29 is 31.5 Å². The molecule has 11 heteroatoms. The first kappa shape index (κ1) is 21.0. The van der Waals surface area contributed by atoms with E-state index in [1.54, 1.807) is 6.07 Å². The summed E-state index contributed by atoms with van der Waals surface area (Å²) in [6, 6.07) is 8.50. The molecule has 0 unspecified atom stereocenters. The molecule has 0 saturated heterocycles. The van der Waals surface area contributed by atoms with Crippen molar-refractivity contribution in [2.45, 2.75) is 12.8 Å². The number of nitrogens with zero attached hydrogens (tertiary/aromatic N) is 3. The zero-order valence-corrected chi connectivity index (χ0v) is 15.0. The third-order valence-corrected chi connectivity index (χ3v) is 3.80. The summed E-state index contributed by atoms with van der Waals surface area (Å²) in [7, 11) is 0. The van der Waals surface area contributed by atoms with Crippen LogP contribution in [0.25, 0.3) is 11.8 Å². The number of ether oxygens (including phenoxy) is 1. The largest absolute Gasteiger partial charge is 0.434 e. The van der Waals surface area contributed by atoms with Crippen molar-refractivity contribution in [3.8, 4) is 11.4 Å². The predicted octanol–water partition coefficient (Wildman–Crippen LogP) is 4.54. The highest BCUT2D eigenvalue weighted by molar-refractivity contribution is 6.03. The van der Waals surface area contributed by atoms with E-state index in [0.29, 0.717) is 0 Å². The van der Waals surface area contributed by atoms with Crippen molar-refractivity contribution in [2.24, 2.45) is 0 Å². The number of alkyl halides is 5. The summed E-state index contributed by atoms with van der Waals surface area (Å²) in [4.78, 5) is 16.0. The average Bonchev–Trinajstić information content (AvgIpc) is 3.20. The van der Waals surface area contributed by atoms with E-state index in [1.807, 2.05) is 0 Å². The van der Waals surface area contributed by atoms with Crippen LogP contribution in [0.3, 0.4) is 0 Å². The monoisotopic (exact) mass is 424 g/mol. The average molecular weight is 424 g/mol. The van der Waals surface area contributed by atoms with Crippen LogP contribution in [0.1, 0.15) is 11.1 Å². The molecule has 0 aliphatic heterocycles. The second kappa shape index (κ2) is 8.72. The Balaban J connectivity index is 1.87. The molecule has 0 saturated carbocycles. The Hall–Kier alpha value is -3.76. The summed E-state index contributed by atoms with van der Waals surface area (Å²) in [6.07, 6.45) is 0.00569. The Morgan fingerprint density at radius 2 is 1.93 bits per heavy atom. The molecule has 1 amide bonds. The number of hydrogen-bond donors (Lipinski definition) is 1. The molecule has 3 rings (SSSR count). The number of para-hydroxylation sites is 1. The van der Waals surface area contributed by atoms with E-state index in [0.717, 1.165) is 24.3 Å². The van der Waals surface area contributed by atoms with Crippen LogP contribution >= 0.6 is 0 Å². The van der Waals surface area contributed by atoms with Gasteiger partial charge in [-0.15, -0.1) is 0 Å². The molecule has 30 heavy (non-hydrogen) atoms. The minimum atomic E-state index is -4.62. The van der Waals surface area contributed by atoms with Gasteiger partial charge in [-0.25, -0.2) is 9.67 Å². The Bertz CT molecular complexity index is 1050. The van der Waals surface area contributed by atoms with Crippen LogP contribution in [0.5, 0.6) is 5.75 Å². The Morgan fingerprint density at radius 1 is 1.17 bits per heavy atom. The summed E-state index contributed by atoms with van der Waals surface area (Å²) in [5.74, 6) is -0.943. The zero-order chi connectivity index (χ0) is 21.7. The van der Waals surface area contributed by atoms with Gasteiger partial charge in [0.05, 0.1) is 16.9 Å². The van der Waals surface area contributed by atoms with Gasteiger partial charge in [0, 0.05) is 11.6 Å². The first-order valence-electron chi connectivity index (χ1n) is 8.33. The number of rotatable bonds is 6. The molecule has 0 aliphatic carbocycles. The highest BCUT2D eigenvalue weighted by Crippen LogP contribution is 2.33. The van der Waals surface area contributed by atoms with Crippen molar-refractivity contribution in [2.75, 3.05) is 5.32 Å². The highest BCUT2D eigenvalue weighted by atomic mass is 19.4. The molecule has 1 aromatic heterocycles. The summed E-state index contributed by atoms with van der Waals surface area (Å²) in [5.41, 5.74) is -0.791. The van der Waals surface area contributed by atoms with Crippen molar-refractivity contribution in [1.29, 1.82) is 0 Å². The molecule has 0 radical (unpaired) electrons. The molecule has 3 aromatic rings. The van der Waals surface area contributed by atoms with Gasteiger partial charge >= 0.3 is 12.8 Å². The molecular weight excluding hydrogens is 411 g/mol. The number of carbonyl (C=O) groups excluding carboxylic acids is 1. The molecule has 6 nitrogen and oxygen atoms in total. The lowest BCUT2D eigenvalue weighted by Gasteiger charge is -2.13. The first-order chi connectivity index (χ1) is 14.2. The fourth-order valence-corrected chi connectivity index (χ4v) is 2.51. The van der Waals surface area contributed by atoms with E-state index in [-0.39, 0.29) is 22.7 Å². The number of benzene rings is 2. The molecule has 0 atom stereocenters. The van der Waals surface area contributed by atoms with Crippen LogP contribution in [0, 0.1) is 0 Å². The van der Waals surface area contributed by atoms with Crippen LogP contribution < -0.4 is 10.1 Å². The molecule has 0 aliphatic rings. The van der Waals surface area contributed by atoms with Crippen molar-refractivity contribution in [3.63, 3.8) is 0 Å². The molecule has 156 valence electrons. The molecule has 0 bridgehead atoms. The normalized spacial score (nSPS) is 11.8. The number of hydrogen-bond acceptors (Lipinski definition) is 4. The minimum Gasteiger partial charge on any atom is -0.434 e. The molecule has 1 N–H and O–H groups in total. The smallest absolute Gasteiger partial charge is 0.416 e. The van der Waals surface area contributed by atoms with E-state index in [2.05, 4.69) is 20.1 Å². The summed E-state index contributed by atoms with van der Waals surface area (Å²) < 4.78 is 69.7. The molecule has 0 spiro atoms. The van der Waals surface area contributed by atoms with Gasteiger partial charge in [0.2, 0.25) is 5.91 Å². The van der Waals surface area contributed by atoms with Crippen molar-refractivity contribution >= 4 is 17.7 Å². The van der Waals surface area contributed by atoms with Gasteiger partial charge in [-0.3, -0.25) is 4.79 Å². The van der Waals surface area contributed by atoms with Crippen molar-refractivity contribution in [3.05, 3.63) is 72.3 Å². The fraction of sp³-hybridized carbons (Fsp3) is 0.105. The van der Waals surface area contributed by atoms with E-state index in [4.69, 9.17) is 0 Å². The quantitative estimate of drug-likeness (QED) is 0.466. The van der Waals surface area contributed by atoms with Crippen LogP contribution in [0.15, 0.2) is 61.2 Å². The number of amides is 1. The Labute approximate surface area is 166 Å². The summed E-state index contributed by atoms with van der Waals surface area (Å²) in [5, 5.41) is 6.18. The first-order valence-corrected chi connectivity index (χ1v) is 8.33. The summed E-state index contributed by atoms with van der Waals surface area (Å²) >= 11 is 0. The number of aromatic nitrogens is 3. The number of carbonyl (C=O) groups is 1. The third kappa shape index (κ3) is 5.19. The van der Waals surface area contributed by atoms with Gasteiger partial charge in [0.1, 0.15) is 18.4 Å². The SMILES string of the molecule is O=C(/C=C/c1ccccc1OC(F)F)Nc1cc(C(F)(F)F)ccc1-n1cncn1. The zero-order valence-electron chi connectivity index (χ0n) is 15.0. The van der Waals surface area contributed by atoms with Gasteiger partial charge in [-0.1, -0.05) is 18.2 Å². The second-order valence-electron chi connectivity index (χ2n) is 5.81. The second-order valence-corrected chi connectivity index (χ2v) is 5.81. The molecule has 2 aromatic carbocycles. The topological polar surface area (TPSA) is 69.0 Å². The molecule has 0 fully saturated rings. The van der Waals surface area contributed by atoms with E-state index >= 15 is 0 Å². The van der Waals surface area contributed by atoms with Gasteiger partial charge in [0.25, 0.3) is 0 Å². The lowest BCUT2D eigenvalue weighted by atomic mass is 10.1. The van der Waals surface area contributed by atoms with E-state index < -0.39 is 24.3 Å². The minimum absolute atomic E-state index is 0.154. The molecule has 1 heterocycles. The maximum absolute atomic E-state index is 13.1. The van der Waals surface area contributed by atoms with Crippen LogP contribution in [0.2, 0.25) is 0 Å². The van der Waals surface area contributed by atoms with E-state index in [1.165, 1.54) is 41.6 Å². The maximum atomic E-state index is 13.1. The van der Waals surface area contributed by atoms with Gasteiger partial charge < -0.3 is 10.1 Å².